The SMILES string of the molecule is Cc1cncc(C(=O)NCC2(C)CCCNC2)c1. The fourth-order valence-corrected chi connectivity index (χ4v) is 2.34. The number of hydrogen-bond acceptors (Lipinski definition) is 3. The maximum atomic E-state index is 12.0. The zero-order chi connectivity index (χ0) is 13.0. The molecule has 1 saturated heterocycles. The average molecular weight is 247 g/mol. The van der Waals surface area contributed by atoms with Crippen molar-refractivity contribution in [2.75, 3.05) is 19.6 Å². The molecule has 4 nitrogen and oxygen atoms in total. The van der Waals surface area contributed by atoms with Crippen LogP contribution in [0.4, 0.5) is 0 Å². The molecule has 0 saturated carbocycles. The molecule has 1 aliphatic heterocycles. The van der Waals surface area contributed by atoms with Gasteiger partial charge in [0.15, 0.2) is 0 Å². The molecule has 18 heavy (non-hydrogen) atoms. The van der Waals surface area contributed by atoms with Crippen LogP contribution >= 0.6 is 0 Å². The van der Waals surface area contributed by atoms with Crippen LogP contribution in [0.1, 0.15) is 35.7 Å². The van der Waals surface area contributed by atoms with Crippen molar-refractivity contribution in [3.63, 3.8) is 0 Å². The summed E-state index contributed by atoms with van der Waals surface area (Å²) in [5, 5.41) is 6.40. The summed E-state index contributed by atoms with van der Waals surface area (Å²) in [6, 6.07) is 1.86. The highest BCUT2D eigenvalue weighted by molar-refractivity contribution is 5.94. The number of hydrogen-bond donors (Lipinski definition) is 2. The lowest BCUT2D eigenvalue weighted by Gasteiger charge is -2.34. The van der Waals surface area contributed by atoms with Crippen LogP contribution in [0.15, 0.2) is 18.5 Å². The van der Waals surface area contributed by atoms with Crippen molar-refractivity contribution in [3.05, 3.63) is 29.6 Å². The van der Waals surface area contributed by atoms with Gasteiger partial charge in [-0.15, -0.1) is 0 Å². The van der Waals surface area contributed by atoms with Gasteiger partial charge < -0.3 is 10.6 Å². The van der Waals surface area contributed by atoms with E-state index < -0.39 is 0 Å². The first kappa shape index (κ1) is 13.0. The molecule has 1 atom stereocenters. The lowest BCUT2D eigenvalue weighted by atomic mass is 9.83. The molecule has 1 aromatic heterocycles. The zero-order valence-electron chi connectivity index (χ0n) is 11.1. The van der Waals surface area contributed by atoms with Crippen molar-refractivity contribution in [1.82, 2.24) is 15.6 Å². The first-order valence-corrected chi connectivity index (χ1v) is 6.50. The number of carbonyl (C=O) groups is 1. The molecule has 1 amide bonds. The standard InChI is InChI=1S/C14H21N3O/c1-11-6-12(8-16-7-11)13(18)17-10-14(2)4-3-5-15-9-14/h6-8,15H,3-5,9-10H2,1-2H3,(H,17,18). The van der Waals surface area contributed by atoms with Crippen LogP contribution in [0.3, 0.4) is 0 Å². The van der Waals surface area contributed by atoms with E-state index in [0.29, 0.717) is 12.1 Å². The van der Waals surface area contributed by atoms with E-state index in [0.717, 1.165) is 25.1 Å². The molecular weight excluding hydrogens is 226 g/mol. The van der Waals surface area contributed by atoms with Gasteiger partial charge in [0.2, 0.25) is 0 Å². The van der Waals surface area contributed by atoms with Crippen LogP contribution in [0.25, 0.3) is 0 Å². The Balaban J connectivity index is 1.92. The van der Waals surface area contributed by atoms with Crippen molar-refractivity contribution in [2.24, 2.45) is 5.41 Å². The topological polar surface area (TPSA) is 54.0 Å². The van der Waals surface area contributed by atoms with Crippen LogP contribution in [-0.2, 0) is 0 Å². The molecule has 0 spiro atoms. The Morgan fingerprint density at radius 1 is 1.56 bits per heavy atom. The first-order chi connectivity index (χ1) is 8.59. The summed E-state index contributed by atoms with van der Waals surface area (Å²) in [5.41, 5.74) is 1.82. The third-order valence-corrected chi connectivity index (χ3v) is 3.50. The monoisotopic (exact) mass is 247 g/mol. The predicted molar refractivity (Wildman–Crippen MR) is 71.5 cm³/mol. The Labute approximate surface area is 108 Å². The van der Waals surface area contributed by atoms with Crippen LogP contribution in [0, 0.1) is 12.3 Å². The Morgan fingerprint density at radius 3 is 3.06 bits per heavy atom. The van der Waals surface area contributed by atoms with Gasteiger partial charge in [0.1, 0.15) is 0 Å². The van der Waals surface area contributed by atoms with Crippen LogP contribution in [0.2, 0.25) is 0 Å². The zero-order valence-corrected chi connectivity index (χ0v) is 11.1. The van der Waals surface area contributed by atoms with E-state index in [1.54, 1.807) is 12.4 Å². The molecule has 0 aromatic carbocycles. The molecule has 1 unspecified atom stereocenters. The molecule has 1 fully saturated rings. The number of pyridine rings is 1. The summed E-state index contributed by atoms with van der Waals surface area (Å²) >= 11 is 0. The van der Waals surface area contributed by atoms with Gasteiger partial charge in [-0.3, -0.25) is 9.78 Å². The molecular formula is C14H21N3O. The number of nitrogens with one attached hydrogen (secondary N) is 2. The quantitative estimate of drug-likeness (QED) is 0.851. The Hall–Kier alpha value is -1.42. The second-order valence-electron chi connectivity index (χ2n) is 5.52. The van der Waals surface area contributed by atoms with E-state index in [-0.39, 0.29) is 11.3 Å². The summed E-state index contributed by atoms with van der Waals surface area (Å²) < 4.78 is 0. The predicted octanol–water partition coefficient (Wildman–Crippen LogP) is 1.51. The van der Waals surface area contributed by atoms with E-state index >= 15 is 0 Å². The molecule has 1 aromatic rings. The third kappa shape index (κ3) is 3.29. The Morgan fingerprint density at radius 2 is 2.39 bits per heavy atom. The fraction of sp³-hybridized carbons (Fsp3) is 0.571. The lowest BCUT2D eigenvalue weighted by Crippen LogP contribution is -2.45. The minimum atomic E-state index is -0.0296. The third-order valence-electron chi connectivity index (χ3n) is 3.50. The second kappa shape index (κ2) is 5.48. The lowest BCUT2D eigenvalue weighted by molar-refractivity contribution is 0.0924. The summed E-state index contributed by atoms with van der Waals surface area (Å²) in [4.78, 5) is 16.1. The van der Waals surface area contributed by atoms with Gasteiger partial charge in [0.25, 0.3) is 5.91 Å². The van der Waals surface area contributed by atoms with Crippen LogP contribution < -0.4 is 10.6 Å². The average Bonchev–Trinajstić information content (AvgIpc) is 2.37. The molecule has 0 aliphatic carbocycles. The van der Waals surface area contributed by atoms with Crippen molar-refractivity contribution in [2.45, 2.75) is 26.7 Å². The van der Waals surface area contributed by atoms with Gasteiger partial charge in [-0.25, -0.2) is 0 Å². The van der Waals surface area contributed by atoms with Crippen molar-refractivity contribution >= 4 is 5.91 Å². The largest absolute Gasteiger partial charge is 0.351 e. The number of nitrogens with zero attached hydrogens (tertiary/aromatic N) is 1. The number of amides is 1. The summed E-state index contributed by atoms with van der Waals surface area (Å²) in [6.45, 7) is 6.93. The molecule has 0 radical (unpaired) electrons. The van der Waals surface area contributed by atoms with Crippen molar-refractivity contribution < 1.29 is 4.79 Å². The van der Waals surface area contributed by atoms with Crippen LogP contribution in [0.5, 0.6) is 0 Å². The fourth-order valence-electron chi connectivity index (χ4n) is 2.34. The van der Waals surface area contributed by atoms with E-state index in [9.17, 15) is 4.79 Å². The molecule has 2 rings (SSSR count). The Kier molecular flexibility index (Phi) is 3.97. The number of rotatable bonds is 3. The number of aromatic nitrogens is 1. The van der Waals surface area contributed by atoms with Crippen molar-refractivity contribution in [3.8, 4) is 0 Å². The van der Waals surface area contributed by atoms with E-state index in [2.05, 4.69) is 22.5 Å². The highest BCUT2D eigenvalue weighted by atomic mass is 16.1. The number of piperidine rings is 1. The minimum absolute atomic E-state index is 0.0296. The van der Waals surface area contributed by atoms with Gasteiger partial charge >= 0.3 is 0 Å². The highest BCUT2D eigenvalue weighted by Crippen LogP contribution is 2.24. The molecule has 1 aliphatic rings. The first-order valence-electron chi connectivity index (χ1n) is 6.50. The maximum absolute atomic E-state index is 12.0. The summed E-state index contributed by atoms with van der Waals surface area (Å²) in [5.74, 6) is -0.0296. The number of aryl methyl sites for hydroxylation is 1. The van der Waals surface area contributed by atoms with E-state index in [4.69, 9.17) is 0 Å². The molecule has 0 bridgehead atoms. The molecule has 2 N–H and O–H groups in total. The van der Waals surface area contributed by atoms with Crippen LogP contribution in [-0.4, -0.2) is 30.5 Å². The summed E-state index contributed by atoms with van der Waals surface area (Å²) in [7, 11) is 0. The normalized spacial score (nSPS) is 23.7. The second-order valence-corrected chi connectivity index (χ2v) is 5.52. The molecule has 2 heterocycles. The van der Waals surface area contributed by atoms with Gasteiger partial charge in [-0.2, -0.15) is 0 Å². The molecule has 4 heteroatoms. The highest BCUT2D eigenvalue weighted by Gasteiger charge is 2.27. The van der Waals surface area contributed by atoms with E-state index in [1.807, 2.05) is 13.0 Å². The van der Waals surface area contributed by atoms with E-state index in [1.165, 1.54) is 6.42 Å². The van der Waals surface area contributed by atoms with Gasteiger partial charge in [0, 0.05) is 25.5 Å². The van der Waals surface area contributed by atoms with Crippen molar-refractivity contribution in [1.29, 1.82) is 0 Å². The minimum Gasteiger partial charge on any atom is -0.351 e. The smallest absolute Gasteiger partial charge is 0.252 e. The van der Waals surface area contributed by atoms with Gasteiger partial charge in [-0.05, 0) is 43.4 Å². The van der Waals surface area contributed by atoms with Gasteiger partial charge in [0.05, 0.1) is 5.56 Å². The summed E-state index contributed by atoms with van der Waals surface area (Å²) in [6.07, 6.45) is 5.71. The Bertz CT molecular complexity index is 425. The number of carbonyl (C=O) groups excluding carboxylic acids is 1. The maximum Gasteiger partial charge on any atom is 0.252 e. The molecule has 98 valence electrons. The van der Waals surface area contributed by atoms with Gasteiger partial charge in [-0.1, -0.05) is 6.92 Å².